The zero-order chi connectivity index (χ0) is 19.2. The van der Waals surface area contributed by atoms with E-state index >= 15 is 0 Å². The molecule has 0 aliphatic rings. The zero-order valence-electron chi connectivity index (χ0n) is 16.0. The van der Waals surface area contributed by atoms with Crippen LogP contribution in [0.15, 0.2) is 109 Å². The highest BCUT2D eigenvalue weighted by atomic mass is 16.5. The Morgan fingerprint density at radius 3 is 1.71 bits per heavy atom. The zero-order valence-corrected chi connectivity index (χ0v) is 16.0. The number of rotatable bonds is 6. The molecule has 138 valence electrons. The molecule has 0 saturated carbocycles. The van der Waals surface area contributed by atoms with E-state index in [0.717, 1.165) is 23.5 Å². The van der Waals surface area contributed by atoms with Crippen molar-refractivity contribution in [1.82, 2.24) is 0 Å². The molecular weight excluding hydrogens is 342 g/mol. The second-order valence-electron chi connectivity index (χ2n) is 6.66. The number of para-hydroxylation sites is 3. The first-order valence-corrected chi connectivity index (χ1v) is 9.46. The highest BCUT2D eigenvalue weighted by Crippen LogP contribution is 2.37. The first kappa shape index (κ1) is 17.9. The number of benzene rings is 4. The quantitative estimate of drug-likeness (QED) is 0.374. The van der Waals surface area contributed by atoms with Gasteiger partial charge in [-0.1, -0.05) is 66.7 Å². The molecule has 2 heteroatoms. The number of hydrogen-bond donors (Lipinski definition) is 0. The molecule has 0 bridgehead atoms. The number of methoxy groups -OCH3 is 1. The predicted molar refractivity (Wildman–Crippen MR) is 117 cm³/mol. The number of nitrogens with zero attached hydrogens (tertiary/aromatic N) is 1. The van der Waals surface area contributed by atoms with E-state index < -0.39 is 0 Å². The van der Waals surface area contributed by atoms with Gasteiger partial charge >= 0.3 is 0 Å². The predicted octanol–water partition coefficient (Wildman–Crippen LogP) is 6.76. The SMILES string of the molecule is COc1ccc(Cc2ccccc2N(c2ccccc2)c2ccccc2)cc1. The summed E-state index contributed by atoms with van der Waals surface area (Å²) in [5.74, 6) is 0.882. The third-order valence-electron chi connectivity index (χ3n) is 4.81. The molecule has 0 aromatic heterocycles. The van der Waals surface area contributed by atoms with Crippen LogP contribution < -0.4 is 9.64 Å². The van der Waals surface area contributed by atoms with Gasteiger partial charge in [-0.15, -0.1) is 0 Å². The minimum Gasteiger partial charge on any atom is -0.497 e. The topological polar surface area (TPSA) is 12.5 Å². The molecule has 0 amide bonds. The Morgan fingerprint density at radius 2 is 1.14 bits per heavy atom. The van der Waals surface area contributed by atoms with Gasteiger partial charge in [0.05, 0.1) is 7.11 Å². The van der Waals surface area contributed by atoms with Gasteiger partial charge in [-0.3, -0.25) is 0 Å². The van der Waals surface area contributed by atoms with Crippen LogP contribution in [0.25, 0.3) is 0 Å². The van der Waals surface area contributed by atoms with Crippen molar-refractivity contribution in [2.45, 2.75) is 6.42 Å². The van der Waals surface area contributed by atoms with Gasteiger partial charge in [-0.05, 0) is 60.0 Å². The average molecular weight is 365 g/mol. The molecule has 0 heterocycles. The molecule has 4 aromatic carbocycles. The molecular formula is C26H23NO. The lowest BCUT2D eigenvalue weighted by Crippen LogP contribution is -2.12. The van der Waals surface area contributed by atoms with Crippen LogP contribution in [0.2, 0.25) is 0 Å². The summed E-state index contributed by atoms with van der Waals surface area (Å²) in [7, 11) is 1.70. The molecule has 28 heavy (non-hydrogen) atoms. The third-order valence-corrected chi connectivity index (χ3v) is 4.81. The van der Waals surface area contributed by atoms with Gasteiger partial charge in [0.15, 0.2) is 0 Å². The summed E-state index contributed by atoms with van der Waals surface area (Å²) in [6, 6.07) is 37.9. The summed E-state index contributed by atoms with van der Waals surface area (Å²) in [6.07, 6.45) is 0.857. The average Bonchev–Trinajstić information content (AvgIpc) is 2.77. The van der Waals surface area contributed by atoms with Crippen LogP contribution in [-0.2, 0) is 6.42 Å². The molecule has 2 nitrogen and oxygen atoms in total. The van der Waals surface area contributed by atoms with Gasteiger partial charge in [0.1, 0.15) is 5.75 Å². The van der Waals surface area contributed by atoms with Gasteiger partial charge in [-0.2, -0.15) is 0 Å². The van der Waals surface area contributed by atoms with E-state index in [0.29, 0.717) is 0 Å². The normalized spacial score (nSPS) is 10.5. The van der Waals surface area contributed by atoms with E-state index in [1.165, 1.54) is 16.8 Å². The van der Waals surface area contributed by atoms with Gasteiger partial charge < -0.3 is 9.64 Å². The highest BCUT2D eigenvalue weighted by molar-refractivity contribution is 5.78. The molecule has 4 aromatic rings. The molecule has 4 rings (SSSR count). The number of hydrogen-bond acceptors (Lipinski definition) is 2. The second-order valence-corrected chi connectivity index (χ2v) is 6.66. The van der Waals surface area contributed by atoms with Crippen molar-refractivity contribution in [3.8, 4) is 5.75 Å². The third kappa shape index (κ3) is 3.91. The standard InChI is InChI=1S/C26H23NO/c1-28-25-18-16-21(17-19-25)20-22-10-8-9-15-26(22)27(23-11-4-2-5-12-23)24-13-6-3-7-14-24/h2-19H,20H2,1H3. The summed E-state index contributed by atoms with van der Waals surface area (Å²) >= 11 is 0. The van der Waals surface area contributed by atoms with Crippen LogP contribution >= 0.6 is 0 Å². The van der Waals surface area contributed by atoms with Crippen LogP contribution in [-0.4, -0.2) is 7.11 Å². The maximum atomic E-state index is 5.29. The lowest BCUT2D eigenvalue weighted by atomic mass is 10.0. The number of ether oxygens (including phenoxy) is 1. The van der Waals surface area contributed by atoms with Crippen molar-refractivity contribution >= 4 is 17.1 Å². The Labute approximate surface area is 166 Å². The van der Waals surface area contributed by atoms with E-state index in [1.807, 2.05) is 12.1 Å². The summed E-state index contributed by atoms with van der Waals surface area (Å²) in [4.78, 5) is 2.32. The maximum absolute atomic E-state index is 5.29. The van der Waals surface area contributed by atoms with Crippen molar-refractivity contribution in [2.24, 2.45) is 0 Å². The van der Waals surface area contributed by atoms with Crippen molar-refractivity contribution in [3.63, 3.8) is 0 Å². The minimum atomic E-state index is 0.857. The monoisotopic (exact) mass is 365 g/mol. The van der Waals surface area contributed by atoms with E-state index in [2.05, 4.69) is 102 Å². The van der Waals surface area contributed by atoms with Crippen LogP contribution in [0, 0.1) is 0 Å². The molecule has 0 atom stereocenters. The maximum Gasteiger partial charge on any atom is 0.118 e. The van der Waals surface area contributed by atoms with Crippen molar-refractivity contribution in [1.29, 1.82) is 0 Å². The first-order chi connectivity index (χ1) is 13.8. The van der Waals surface area contributed by atoms with E-state index in [4.69, 9.17) is 4.74 Å². The second kappa shape index (κ2) is 8.45. The molecule has 0 saturated heterocycles. The van der Waals surface area contributed by atoms with E-state index in [9.17, 15) is 0 Å². The van der Waals surface area contributed by atoms with E-state index in [-0.39, 0.29) is 0 Å². The Kier molecular flexibility index (Phi) is 5.39. The lowest BCUT2D eigenvalue weighted by molar-refractivity contribution is 0.414. The Hall–Kier alpha value is -3.52. The summed E-state index contributed by atoms with van der Waals surface area (Å²) in [6.45, 7) is 0. The fraction of sp³-hybridized carbons (Fsp3) is 0.0769. The first-order valence-electron chi connectivity index (χ1n) is 9.46. The van der Waals surface area contributed by atoms with Gasteiger partial charge in [-0.25, -0.2) is 0 Å². The summed E-state index contributed by atoms with van der Waals surface area (Å²) in [5.41, 5.74) is 6.03. The Morgan fingerprint density at radius 1 is 0.607 bits per heavy atom. The van der Waals surface area contributed by atoms with Gasteiger partial charge in [0.25, 0.3) is 0 Å². The molecule has 0 fully saturated rings. The molecule has 0 N–H and O–H groups in total. The minimum absolute atomic E-state index is 0.857. The fourth-order valence-electron chi connectivity index (χ4n) is 3.42. The molecule has 0 unspecified atom stereocenters. The fourth-order valence-corrected chi connectivity index (χ4v) is 3.42. The van der Waals surface area contributed by atoms with Crippen LogP contribution in [0.4, 0.5) is 17.1 Å². The molecule has 0 spiro atoms. The van der Waals surface area contributed by atoms with Crippen molar-refractivity contribution < 1.29 is 4.74 Å². The highest BCUT2D eigenvalue weighted by Gasteiger charge is 2.15. The van der Waals surface area contributed by atoms with E-state index in [1.54, 1.807) is 7.11 Å². The van der Waals surface area contributed by atoms with Crippen LogP contribution in [0.5, 0.6) is 5.75 Å². The largest absolute Gasteiger partial charge is 0.497 e. The van der Waals surface area contributed by atoms with Crippen molar-refractivity contribution in [2.75, 3.05) is 12.0 Å². The van der Waals surface area contributed by atoms with Crippen molar-refractivity contribution in [3.05, 3.63) is 120 Å². The van der Waals surface area contributed by atoms with Crippen LogP contribution in [0.1, 0.15) is 11.1 Å². The van der Waals surface area contributed by atoms with Gasteiger partial charge in [0, 0.05) is 17.1 Å². The number of anilines is 3. The van der Waals surface area contributed by atoms with Gasteiger partial charge in [0.2, 0.25) is 0 Å². The molecule has 0 radical (unpaired) electrons. The smallest absolute Gasteiger partial charge is 0.118 e. The Bertz CT molecular complexity index is 971. The molecule has 0 aliphatic carbocycles. The summed E-state index contributed by atoms with van der Waals surface area (Å²) in [5, 5.41) is 0. The summed E-state index contributed by atoms with van der Waals surface area (Å²) < 4.78 is 5.29. The Balaban J connectivity index is 1.77. The molecule has 0 aliphatic heterocycles. The van der Waals surface area contributed by atoms with Crippen LogP contribution in [0.3, 0.4) is 0 Å². The lowest BCUT2D eigenvalue weighted by Gasteiger charge is -2.27.